The van der Waals surface area contributed by atoms with Gasteiger partial charge < -0.3 is 10.0 Å². The summed E-state index contributed by atoms with van der Waals surface area (Å²) in [6.45, 7) is 3.37. The Morgan fingerprint density at radius 3 is 2.62 bits per heavy atom. The van der Waals surface area contributed by atoms with Crippen molar-refractivity contribution in [3.8, 4) is 0 Å². The molecule has 1 aromatic rings. The maximum atomic E-state index is 12.7. The number of halogens is 1. The molecular formula is C19H25ClN2O2. The molecule has 4 rings (SSSR count). The third-order valence-electron chi connectivity index (χ3n) is 5.92. The van der Waals surface area contributed by atoms with Crippen LogP contribution in [0.3, 0.4) is 0 Å². The van der Waals surface area contributed by atoms with Crippen LogP contribution in [0.2, 0.25) is 5.02 Å². The average molecular weight is 349 g/mol. The van der Waals surface area contributed by atoms with Crippen LogP contribution in [-0.2, 0) is 4.79 Å². The fraction of sp³-hybridized carbons (Fsp3) is 0.632. The lowest BCUT2D eigenvalue weighted by Crippen LogP contribution is -2.54. The summed E-state index contributed by atoms with van der Waals surface area (Å²) in [5.74, 6) is 0.768. The molecule has 5 heteroatoms. The monoisotopic (exact) mass is 348 g/mol. The predicted molar refractivity (Wildman–Crippen MR) is 94.1 cm³/mol. The first kappa shape index (κ1) is 16.4. The van der Waals surface area contributed by atoms with E-state index in [4.69, 9.17) is 11.6 Å². The molecule has 3 aliphatic rings. The van der Waals surface area contributed by atoms with Gasteiger partial charge in [-0.05, 0) is 49.3 Å². The van der Waals surface area contributed by atoms with Crippen LogP contribution < -0.4 is 0 Å². The largest absolute Gasteiger partial charge is 0.391 e. The smallest absolute Gasteiger partial charge is 0.226 e. The van der Waals surface area contributed by atoms with Crippen LogP contribution in [0.4, 0.5) is 0 Å². The van der Waals surface area contributed by atoms with Gasteiger partial charge in [-0.1, -0.05) is 23.7 Å². The van der Waals surface area contributed by atoms with Crippen molar-refractivity contribution in [1.82, 2.24) is 9.80 Å². The summed E-state index contributed by atoms with van der Waals surface area (Å²) in [7, 11) is 0. The van der Waals surface area contributed by atoms with Crippen molar-refractivity contribution >= 4 is 17.5 Å². The number of amides is 1. The third-order valence-corrected chi connectivity index (χ3v) is 6.16. The zero-order chi connectivity index (χ0) is 16.7. The molecular weight excluding hydrogens is 324 g/mol. The van der Waals surface area contributed by atoms with E-state index in [2.05, 4.69) is 11.0 Å². The van der Waals surface area contributed by atoms with Crippen LogP contribution >= 0.6 is 11.6 Å². The highest BCUT2D eigenvalue weighted by atomic mass is 35.5. The van der Waals surface area contributed by atoms with E-state index in [1.54, 1.807) is 0 Å². The fourth-order valence-corrected chi connectivity index (χ4v) is 4.63. The lowest BCUT2D eigenvalue weighted by atomic mass is 10.1. The Hall–Kier alpha value is -1.10. The van der Waals surface area contributed by atoms with E-state index in [1.165, 1.54) is 5.56 Å². The second-order valence-electron chi connectivity index (χ2n) is 7.43. The SMILES string of the molecule is O=C(C1CC1c1cccc(Cl)c1)N1CCN(C2CCCC2O)CC1. The Labute approximate surface area is 148 Å². The van der Waals surface area contributed by atoms with Gasteiger partial charge in [-0.15, -0.1) is 0 Å². The number of nitrogens with zero attached hydrogens (tertiary/aromatic N) is 2. The molecule has 4 atom stereocenters. The maximum absolute atomic E-state index is 12.7. The van der Waals surface area contributed by atoms with Gasteiger partial charge >= 0.3 is 0 Å². The molecule has 1 heterocycles. The van der Waals surface area contributed by atoms with Crippen LogP contribution in [-0.4, -0.2) is 59.1 Å². The molecule has 1 N–H and O–H groups in total. The van der Waals surface area contributed by atoms with E-state index in [1.807, 2.05) is 23.1 Å². The Kier molecular flexibility index (Phi) is 4.54. The Morgan fingerprint density at radius 1 is 1.17 bits per heavy atom. The van der Waals surface area contributed by atoms with Gasteiger partial charge in [0.15, 0.2) is 0 Å². The maximum Gasteiger partial charge on any atom is 0.226 e. The minimum atomic E-state index is -0.178. The predicted octanol–water partition coefficient (Wildman–Crippen LogP) is 2.50. The summed E-state index contributed by atoms with van der Waals surface area (Å²) >= 11 is 6.06. The number of carbonyl (C=O) groups excluding carboxylic acids is 1. The molecule has 4 nitrogen and oxygen atoms in total. The van der Waals surface area contributed by atoms with Crippen molar-refractivity contribution in [1.29, 1.82) is 0 Å². The molecule has 0 aromatic heterocycles. The van der Waals surface area contributed by atoms with Gasteiger partial charge in [0, 0.05) is 43.2 Å². The van der Waals surface area contributed by atoms with Crippen molar-refractivity contribution in [3.05, 3.63) is 34.9 Å². The van der Waals surface area contributed by atoms with Crippen LogP contribution in [0.1, 0.15) is 37.2 Å². The van der Waals surface area contributed by atoms with Gasteiger partial charge in [-0.2, -0.15) is 0 Å². The summed E-state index contributed by atoms with van der Waals surface area (Å²) in [6.07, 6.45) is 3.90. The molecule has 1 aromatic carbocycles. The number of aliphatic hydroxyl groups excluding tert-OH is 1. The lowest BCUT2D eigenvalue weighted by molar-refractivity contribution is -0.135. The lowest BCUT2D eigenvalue weighted by Gasteiger charge is -2.39. The number of carbonyl (C=O) groups is 1. The first-order chi connectivity index (χ1) is 11.6. The molecule has 3 fully saturated rings. The van der Waals surface area contributed by atoms with E-state index in [0.717, 1.165) is 56.9 Å². The van der Waals surface area contributed by atoms with Crippen LogP contribution in [0.15, 0.2) is 24.3 Å². The number of hydrogen-bond donors (Lipinski definition) is 1. The van der Waals surface area contributed by atoms with Crippen molar-refractivity contribution in [2.24, 2.45) is 5.92 Å². The molecule has 0 radical (unpaired) electrons. The summed E-state index contributed by atoms with van der Waals surface area (Å²) < 4.78 is 0. The van der Waals surface area contributed by atoms with Crippen molar-refractivity contribution in [2.45, 2.75) is 43.7 Å². The van der Waals surface area contributed by atoms with Crippen LogP contribution in [0.5, 0.6) is 0 Å². The Morgan fingerprint density at radius 2 is 1.96 bits per heavy atom. The second-order valence-corrected chi connectivity index (χ2v) is 7.87. The van der Waals surface area contributed by atoms with Gasteiger partial charge in [0.1, 0.15) is 0 Å². The standard InChI is InChI=1S/C19H25ClN2O2/c20-14-4-1-3-13(11-14)15-12-16(15)19(24)22-9-7-21(8-10-22)17-5-2-6-18(17)23/h1,3-4,11,15-18,23H,2,5-10,12H2. The van der Waals surface area contributed by atoms with Crippen molar-refractivity contribution in [3.63, 3.8) is 0 Å². The highest BCUT2D eigenvalue weighted by molar-refractivity contribution is 6.30. The van der Waals surface area contributed by atoms with Crippen molar-refractivity contribution in [2.75, 3.05) is 26.2 Å². The summed E-state index contributed by atoms with van der Waals surface area (Å²) in [6, 6.07) is 8.20. The number of piperazine rings is 1. The minimum absolute atomic E-state index is 0.132. The van der Waals surface area contributed by atoms with E-state index in [9.17, 15) is 9.90 Å². The van der Waals surface area contributed by atoms with E-state index in [0.29, 0.717) is 17.9 Å². The third kappa shape index (κ3) is 3.19. The number of benzene rings is 1. The van der Waals surface area contributed by atoms with Gasteiger partial charge in [-0.3, -0.25) is 9.69 Å². The van der Waals surface area contributed by atoms with E-state index in [-0.39, 0.29) is 12.0 Å². The first-order valence-electron chi connectivity index (χ1n) is 9.10. The summed E-state index contributed by atoms with van der Waals surface area (Å²) in [5, 5.41) is 10.8. The molecule has 24 heavy (non-hydrogen) atoms. The first-order valence-corrected chi connectivity index (χ1v) is 9.47. The molecule has 130 valence electrons. The minimum Gasteiger partial charge on any atom is -0.391 e. The summed E-state index contributed by atoms with van der Waals surface area (Å²) in [4.78, 5) is 17.1. The van der Waals surface area contributed by atoms with Gasteiger partial charge in [0.05, 0.1) is 6.10 Å². The van der Waals surface area contributed by atoms with E-state index < -0.39 is 0 Å². The molecule has 1 saturated heterocycles. The topological polar surface area (TPSA) is 43.8 Å². The molecule has 2 aliphatic carbocycles. The molecule has 2 saturated carbocycles. The number of aliphatic hydroxyl groups is 1. The highest BCUT2D eigenvalue weighted by Crippen LogP contribution is 2.49. The number of rotatable bonds is 3. The van der Waals surface area contributed by atoms with Crippen molar-refractivity contribution < 1.29 is 9.90 Å². The zero-order valence-electron chi connectivity index (χ0n) is 13.9. The van der Waals surface area contributed by atoms with Gasteiger partial charge in [0.25, 0.3) is 0 Å². The quantitative estimate of drug-likeness (QED) is 0.912. The zero-order valence-corrected chi connectivity index (χ0v) is 14.7. The molecule has 1 aliphatic heterocycles. The summed E-state index contributed by atoms with van der Waals surface area (Å²) in [5.41, 5.74) is 1.19. The molecule has 0 spiro atoms. The van der Waals surface area contributed by atoms with E-state index >= 15 is 0 Å². The van der Waals surface area contributed by atoms with Gasteiger partial charge in [-0.25, -0.2) is 0 Å². The molecule has 4 unspecified atom stereocenters. The normalized spacial score (nSPS) is 33.7. The fourth-order valence-electron chi connectivity index (χ4n) is 4.43. The van der Waals surface area contributed by atoms with Gasteiger partial charge in [0.2, 0.25) is 5.91 Å². The Bertz CT molecular complexity index is 615. The second kappa shape index (κ2) is 6.66. The number of hydrogen-bond acceptors (Lipinski definition) is 3. The van der Waals surface area contributed by atoms with Crippen LogP contribution in [0.25, 0.3) is 0 Å². The molecule has 0 bridgehead atoms. The highest BCUT2D eigenvalue weighted by Gasteiger charge is 2.46. The molecule has 1 amide bonds. The van der Waals surface area contributed by atoms with Crippen LogP contribution in [0, 0.1) is 5.92 Å². The average Bonchev–Trinajstić information content (AvgIpc) is 3.29. The Balaban J connectivity index is 1.31.